The van der Waals surface area contributed by atoms with E-state index in [1.54, 1.807) is 24.4 Å². The smallest absolute Gasteiger partial charge is 0.270 e. The van der Waals surface area contributed by atoms with Crippen molar-refractivity contribution in [2.75, 3.05) is 0 Å². The molecule has 2 rings (SSSR count). The monoisotopic (exact) mass is 243 g/mol. The third kappa shape index (κ3) is 3.07. The molecule has 1 aromatic rings. The summed E-state index contributed by atoms with van der Waals surface area (Å²) in [6.07, 6.45) is 7.19. The lowest BCUT2D eigenvalue weighted by molar-refractivity contribution is 0.0924. The average Bonchev–Trinajstić information content (AvgIpc) is 2.46. The van der Waals surface area contributed by atoms with E-state index in [4.69, 9.17) is 0 Å². The van der Waals surface area contributed by atoms with Crippen LogP contribution in [0.15, 0.2) is 24.4 Å². The Labute approximate surface area is 107 Å². The molecule has 1 unspecified atom stereocenters. The maximum atomic E-state index is 11.9. The summed E-state index contributed by atoms with van der Waals surface area (Å²) in [6.45, 7) is 0. The number of rotatable bonds is 3. The highest BCUT2D eigenvalue weighted by Crippen LogP contribution is 2.26. The summed E-state index contributed by atoms with van der Waals surface area (Å²) < 4.78 is 0. The Morgan fingerprint density at radius 1 is 1.39 bits per heavy atom. The molecule has 0 bridgehead atoms. The van der Waals surface area contributed by atoms with Crippen molar-refractivity contribution in [3.8, 4) is 6.07 Å². The molecule has 0 radical (unpaired) electrons. The Balaban J connectivity index is 1.98. The summed E-state index contributed by atoms with van der Waals surface area (Å²) in [6, 6.07) is 7.01. The molecule has 0 saturated heterocycles. The van der Waals surface area contributed by atoms with Crippen LogP contribution in [0, 0.1) is 17.2 Å². The van der Waals surface area contributed by atoms with Crippen molar-refractivity contribution in [2.45, 2.75) is 38.1 Å². The van der Waals surface area contributed by atoms with Gasteiger partial charge in [-0.25, -0.2) is 0 Å². The van der Waals surface area contributed by atoms with Gasteiger partial charge in [0.05, 0.1) is 6.07 Å². The number of nitrogens with zero attached hydrogens (tertiary/aromatic N) is 2. The van der Waals surface area contributed by atoms with Crippen LogP contribution >= 0.6 is 0 Å². The highest BCUT2D eigenvalue weighted by molar-refractivity contribution is 5.92. The summed E-state index contributed by atoms with van der Waals surface area (Å²) >= 11 is 0. The van der Waals surface area contributed by atoms with Crippen LogP contribution in [0.4, 0.5) is 0 Å². The summed E-state index contributed by atoms with van der Waals surface area (Å²) in [5.41, 5.74) is 0.369. The van der Waals surface area contributed by atoms with Crippen molar-refractivity contribution in [1.82, 2.24) is 10.3 Å². The predicted molar refractivity (Wildman–Crippen MR) is 67.7 cm³/mol. The molecule has 4 heteroatoms. The minimum atomic E-state index is -0.389. The quantitative estimate of drug-likeness (QED) is 0.885. The zero-order valence-corrected chi connectivity index (χ0v) is 10.3. The predicted octanol–water partition coefficient (Wildman–Crippen LogP) is 2.28. The SMILES string of the molecule is N#CC(NC(=O)c1ccccn1)C1CCCCC1. The molecule has 1 aliphatic carbocycles. The second-order valence-corrected chi connectivity index (χ2v) is 4.69. The Kier molecular flexibility index (Phi) is 4.30. The van der Waals surface area contributed by atoms with Gasteiger partial charge in [-0.15, -0.1) is 0 Å². The van der Waals surface area contributed by atoms with E-state index in [9.17, 15) is 10.1 Å². The first kappa shape index (κ1) is 12.6. The molecular formula is C14H17N3O. The van der Waals surface area contributed by atoms with Crippen LogP contribution in [-0.4, -0.2) is 16.9 Å². The number of hydrogen-bond acceptors (Lipinski definition) is 3. The third-order valence-electron chi connectivity index (χ3n) is 3.44. The van der Waals surface area contributed by atoms with E-state index in [0.29, 0.717) is 5.69 Å². The molecule has 1 aromatic heterocycles. The number of aromatic nitrogens is 1. The van der Waals surface area contributed by atoms with Crippen LogP contribution in [0.1, 0.15) is 42.6 Å². The van der Waals surface area contributed by atoms with Crippen LogP contribution < -0.4 is 5.32 Å². The molecule has 1 heterocycles. The van der Waals surface area contributed by atoms with Gasteiger partial charge in [-0.05, 0) is 30.9 Å². The molecule has 1 fully saturated rings. The van der Waals surface area contributed by atoms with Gasteiger partial charge in [0, 0.05) is 6.20 Å². The molecule has 18 heavy (non-hydrogen) atoms. The molecular weight excluding hydrogens is 226 g/mol. The van der Waals surface area contributed by atoms with Gasteiger partial charge in [0.15, 0.2) is 0 Å². The maximum absolute atomic E-state index is 11.9. The normalized spacial score (nSPS) is 17.7. The number of nitrogens with one attached hydrogen (secondary N) is 1. The first-order chi connectivity index (χ1) is 8.81. The fraction of sp³-hybridized carbons (Fsp3) is 0.500. The molecule has 0 spiro atoms. The fourth-order valence-electron chi connectivity index (χ4n) is 2.44. The van der Waals surface area contributed by atoms with E-state index in [0.717, 1.165) is 25.7 Å². The van der Waals surface area contributed by atoms with Crippen molar-refractivity contribution < 1.29 is 4.79 Å². The van der Waals surface area contributed by atoms with Gasteiger partial charge >= 0.3 is 0 Å². The van der Waals surface area contributed by atoms with E-state index < -0.39 is 0 Å². The largest absolute Gasteiger partial charge is 0.335 e. The van der Waals surface area contributed by atoms with E-state index >= 15 is 0 Å². The van der Waals surface area contributed by atoms with Gasteiger partial charge in [0.2, 0.25) is 0 Å². The highest BCUT2D eigenvalue weighted by Gasteiger charge is 2.25. The zero-order valence-electron chi connectivity index (χ0n) is 10.3. The summed E-state index contributed by atoms with van der Waals surface area (Å²) in [5.74, 6) is 0.0316. The molecule has 4 nitrogen and oxygen atoms in total. The Bertz CT molecular complexity index is 432. The Hall–Kier alpha value is -1.89. The van der Waals surface area contributed by atoms with Crippen molar-refractivity contribution in [2.24, 2.45) is 5.92 Å². The minimum Gasteiger partial charge on any atom is -0.335 e. The second-order valence-electron chi connectivity index (χ2n) is 4.69. The summed E-state index contributed by atoms with van der Waals surface area (Å²) in [7, 11) is 0. The molecule has 1 atom stereocenters. The van der Waals surface area contributed by atoms with Gasteiger partial charge in [-0.3, -0.25) is 9.78 Å². The van der Waals surface area contributed by atoms with Crippen molar-refractivity contribution >= 4 is 5.91 Å². The maximum Gasteiger partial charge on any atom is 0.270 e. The average molecular weight is 243 g/mol. The highest BCUT2D eigenvalue weighted by atomic mass is 16.1. The Morgan fingerprint density at radius 3 is 2.78 bits per heavy atom. The van der Waals surface area contributed by atoms with Crippen molar-refractivity contribution in [3.63, 3.8) is 0 Å². The minimum absolute atomic E-state index is 0.257. The lowest BCUT2D eigenvalue weighted by atomic mass is 9.84. The summed E-state index contributed by atoms with van der Waals surface area (Å²) in [5, 5.41) is 12.0. The lowest BCUT2D eigenvalue weighted by Gasteiger charge is -2.26. The van der Waals surface area contributed by atoms with Crippen LogP contribution in [0.3, 0.4) is 0 Å². The summed E-state index contributed by atoms with van der Waals surface area (Å²) in [4.78, 5) is 15.9. The fourth-order valence-corrected chi connectivity index (χ4v) is 2.44. The first-order valence-corrected chi connectivity index (χ1v) is 6.43. The third-order valence-corrected chi connectivity index (χ3v) is 3.44. The number of carbonyl (C=O) groups is 1. The van der Waals surface area contributed by atoms with Gasteiger partial charge in [-0.1, -0.05) is 25.3 Å². The van der Waals surface area contributed by atoms with Crippen molar-refractivity contribution in [1.29, 1.82) is 5.26 Å². The molecule has 94 valence electrons. The van der Waals surface area contributed by atoms with Crippen LogP contribution in [0.5, 0.6) is 0 Å². The molecule has 1 amide bonds. The number of hydrogen-bond donors (Lipinski definition) is 1. The Morgan fingerprint density at radius 2 is 2.17 bits per heavy atom. The van der Waals surface area contributed by atoms with E-state index in [1.165, 1.54) is 6.42 Å². The number of carbonyl (C=O) groups excluding carboxylic acids is 1. The molecule has 1 N–H and O–H groups in total. The molecule has 1 aliphatic rings. The molecule has 0 aromatic carbocycles. The van der Waals surface area contributed by atoms with Gasteiger partial charge in [0.25, 0.3) is 5.91 Å². The van der Waals surface area contributed by atoms with E-state index in [2.05, 4.69) is 16.4 Å². The van der Waals surface area contributed by atoms with Crippen LogP contribution in [0.2, 0.25) is 0 Å². The first-order valence-electron chi connectivity index (χ1n) is 6.43. The van der Waals surface area contributed by atoms with E-state index in [-0.39, 0.29) is 17.9 Å². The van der Waals surface area contributed by atoms with Crippen LogP contribution in [0.25, 0.3) is 0 Å². The number of amides is 1. The standard InChI is InChI=1S/C14H17N3O/c15-10-13(11-6-2-1-3-7-11)17-14(18)12-8-4-5-9-16-12/h4-5,8-9,11,13H,1-3,6-7H2,(H,17,18). The lowest BCUT2D eigenvalue weighted by Crippen LogP contribution is -2.40. The van der Waals surface area contributed by atoms with Gasteiger partial charge in [-0.2, -0.15) is 5.26 Å². The molecule has 0 aliphatic heterocycles. The molecule has 1 saturated carbocycles. The number of nitriles is 1. The van der Waals surface area contributed by atoms with Gasteiger partial charge < -0.3 is 5.32 Å². The van der Waals surface area contributed by atoms with Crippen molar-refractivity contribution in [3.05, 3.63) is 30.1 Å². The number of pyridine rings is 1. The van der Waals surface area contributed by atoms with Gasteiger partial charge in [0.1, 0.15) is 11.7 Å². The second kappa shape index (κ2) is 6.15. The van der Waals surface area contributed by atoms with E-state index in [1.807, 2.05) is 0 Å². The zero-order chi connectivity index (χ0) is 12.8. The van der Waals surface area contributed by atoms with Crippen LogP contribution in [-0.2, 0) is 0 Å². The topological polar surface area (TPSA) is 65.8 Å².